The maximum absolute atomic E-state index is 11.0. The lowest BCUT2D eigenvalue weighted by Crippen LogP contribution is -2.17. The van der Waals surface area contributed by atoms with Crippen LogP contribution in [0.4, 0.5) is 0 Å². The van der Waals surface area contributed by atoms with Gasteiger partial charge in [0.05, 0.1) is 6.42 Å². The van der Waals surface area contributed by atoms with Crippen molar-refractivity contribution < 1.29 is 4.79 Å². The fourth-order valence-corrected chi connectivity index (χ4v) is 1.37. The molecule has 0 saturated heterocycles. The number of benzene rings is 1. The minimum atomic E-state index is -0.0633. The molecule has 0 aromatic heterocycles. The van der Waals surface area contributed by atoms with E-state index in [0.717, 1.165) is 10.9 Å². The summed E-state index contributed by atoms with van der Waals surface area (Å²) in [6, 6.07) is 7.90. The van der Waals surface area contributed by atoms with Gasteiger partial charge in [0.1, 0.15) is 0 Å². The third kappa shape index (κ3) is 3.19. The Kier molecular flexibility index (Phi) is 3.96. The van der Waals surface area contributed by atoms with Gasteiger partial charge in [-0.3, -0.25) is 4.79 Å². The Bertz CT molecular complexity index is 281. The molecule has 1 aromatic rings. The van der Waals surface area contributed by atoms with Crippen molar-refractivity contribution in [1.29, 1.82) is 0 Å². The monoisotopic (exact) mass is 240 g/mol. The zero-order valence-electron chi connectivity index (χ0n) is 7.22. The van der Waals surface area contributed by atoms with E-state index in [0.29, 0.717) is 6.42 Å². The first-order valence-electron chi connectivity index (χ1n) is 3.96. The van der Waals surface area contributed by atoms with Crippen molar-refractivity contribution in [1.82, 2.24) is 5.32 Å². The van der Waals surface area contributed by atoms with Crippen LogP contribution >= 0.6 is 15.9 Å². The molecule has 0 aliphatic rings. The maximum atomic E-state index is 11.0. The van der Waals surface area contributed by atoms with Gasteiger partial charge in [-0.2, -0.15) is 0 Å². The van der Waals surface area contributed by atoms with Gasteiger partial charge >= 0.3 is 0 Å². The molecule has 0 atom stereocenters. The Morgan fingerprint density at radius 1 is 1.31 bits per heavy atom. The van der Waals surface area contributed by atoms with Crippen molar-refractivity contribution in [3.63, 3.8) is 0 Å². The zero-order valence-corrected chi connectivity index (χ0v) is 8.80. The summed E-state index contributed by atoms with van der Waals surface area (Å²) < 4.78 is 0. The SMILES string of the molecule is [CH2]NC(=O)Cc1ccc(CBr)cc1. The van der Waals surface area contributed by atoms with Crippen LogP contribution in [0.1, 0.15) is 11.1 Å². The van der Waals surface area contributed by atoms with Gasteiger partial charge in [0.15, 0.2) is 0 Å². The van der Waals surface area contributed by atoms with E-state index in [2.05, 4.69) is 28.3 Å². The Morgan fingerprint density at radius 2 is 1.85 bits per heavy atom. The second-order valence-corrected chi connectivity index (χ2v) is 3.29. The highest BCUT2D eigenvalue weighted by Gasteiger charge is 1.99. The number of hydrogen-bond donors (Lipinski definition) is 1. The molecule has 0 bridgehead atoms. The quantitative estimate of drug-likeness (QED) is 0.806. The zero-order chi connectivity index (χ0) is 9.68. The molecule has 1 N–H and O–H groups in total. The summed E-state index contributed by atoms with van der Waals surface area (Å²) >= 11 is 3.36. The van der Waals surface area contributed by atoms with Crippen LogP contribution in [0.3, 0.4) is 0 Å². The van der Waals surface area contributed by atoms with Crippen LogP contribution in [0.15, 0.2) is 24.3 Å². The molecule has 3 heteroatoms. The van der Waals surface area contributed by atoms with E-state index in [9.17, 15) is 4.79 Å². The van der Waals surface area contributed by atoms with Gasteiger partial charge in [-0.25, -0.2) is 0 Å². The van der Waals surface area contributed by atoms with Crippen LogP contribution in [-0.2, 0) is 16.5 Å². The van der Waals surface area contributed by atoms with E-state index in [-0.39, 0.29) is 5.91 Å². The Hall–Kier alpha value is -0.830. The average molecular weight is 241 g/mol. The molecule has 0 aliphatic carbocycles. The topological polar surface area (TPSA) is 29.1 Å². The summed E-state index contributed by atoms with van der Waals surface area (Å²) in [5, 5.41) is 3.19. The number of hydrogen-bond acceptors (Lipinski definition) is 1. The Labute approximate surface area is 86.5 Å². The lowest BCUT2D eigenvalue weighted by Gasteiger charge is -2.00. The molecule has 69 valence electrons. The molecular weight excluding hydrogens is 230 g/mol. The smallest absolute Gasteiger partial charge is 0.224 e. The van der Waals surface area contributed by atoms with Gasteiger partial charge in [-0.05, 0) is 11.1 Å². The van der Waals surface area contributed by atoms with Crippen LogP contribution in [0.25, 0.3) is 0 Å². The fraction of sp³-hybridized carbons (Fsp3) is 0.200. The summed E-state index contributed by atoms with van der Waals surface area (Å²) in [6.07, 6.45) is 0.395. The molecule has 1 rings (SSSR count). The highest BCUT2D eigenvalue weighted by molar-refractivity contribution is 9.08. The average Bonchev–Trinajstić information content (AvgIpc) is 2.19. The lowest BCUT2D eigenvalue weighted by molar-refractivity contribution is -0.119. The summed E-state index contributed by atoms with van der Waals surface area (Å²) in [6.45, 7) is 0. The third-order valence-corrected chi connectivity index (χ3v) is 2.39. The van der Waals surface area contributed by atoms with Gasteiger partial charge in [0, 0.05) is 12.4 Å². The molecule has 2 nitrogen and oxygen atoms in total. The molecule has 1 aromatic carbocycles. The predicted octanol–water partition coefficient (Wildman–Crippen LogP) is 2.03. The van der Waals surface area contributed by atoms with Crippen molar-refractivity contribution in [3.8, 4) is 0 Å². The van der Waals surface area contributed by atoms with Crippen LogP contribution in [0.5, 0.6) is 0 Å². The maximum Gasteiger partial charge on any atom is 0.224 e. The lowest BCUT2D eigenvalue weighted by atomic mass is 10.1. The number of amides is 1. The number of carbonyl (C=O) groups excluding carboxylic acids is 1. The van der Waals surface area contributed by atoms with Gasteiger partial charge in [-0.1, -0.05) is 40.2 Å². The number of nitrogens with one attached hydrogen (secondary N) is 1. The van der Waals surface area contributed by atoms with Crippen LogP contribution < -0.4 is 5.32 Å². The highest BCUT2D eigenvalue weighted by Crippen LogP contribution is 2.08. The molecule has 0 aliphatic heterocycles. The van der Waals surface area contributed by atoms with Crippen molar-refractivity contribution in [3.05, 3.63) is 42.4 Å². The standard InChI is InChI=1S/C10H11BrNO/c1-12-10(13)6-8-2-4-9(7-11)5-3-8/h2-5H,1,6-7H2,(H,12,13). The molecular formula is C10H11BrNO. The van der Waals surface area contributed by atoms with E-state index < -0.39 is 0 Å². The first-order valence-corrected chi connectivity index (χ1v) is 5.08. The molecule has 0 unspecified atom stereocenters. The van der Waals surface area contributed by atoms with Crippen LogP contribution in [-0.4, -0.2) is 5.91 Å². The molecule has 0 heterocycles. The van der Waals surface area contributed by atoms with Gasteiger partial charge in [-0.15, -0.1) is 0 Å². The number of alkyl halides is 1. The minimum Gasteiger partial charge on any atom is -0.354 e. The molecule has 0 spiro atoms. The normalized spacial score (nSPS) is 9.69. The van der Waals surface area contributed by atoms with Crippen molar-refractivity contribution >= 4 is 21.8 Å². The second-order valence-electron chi connectivity index (χ2n) is 2.73. The third-order valence-electron chi connectivity index (χ3n) is 1.74. The van der Waals surface area contributed by atoms with E-state index in [1.54, 1.807) is 0 Å². The predicted molar refractivity (Wildman–Crippen MR) is 56.3 cm³/mol. The number of carbonyl (C=O) groups is 1. The van der Waals surface area contributed by atoms with Crippen molar-refractivity contribution in [2.45, 2.75) is 11.8 Å². The largest absolute Gasteiger partial charge is 0.354 e. The van der Waals surface area contributed by atoms with Crippen molar-refractivity contribution in [2.75, 3.05) is 0 Å². The molecule has 13 heavy (non-hydrogen) atoms. The summed E-state index contributed by atoms with van der Waals surface area (Å²) in [5.74, 6) is -0.0633. The van der Waals surface area contributed by atoms with Crippen LogP contribution in [0.2, 0.25) is 0 Å². The molecule has 0 saturated carbocycles. The van der Waals surface area contributed by atoms with Gasteiger partial charge < -0.3 is 5.32 Å². The molecule has 1 radical (unpaired) electrons. The Morgan fingerprint density at radius 3 is 2.31 bits per heavy atom. The van der Waals surface area contributed by atoms with Gasteiger partial charge in [0.2, 0.25) is 5.91 Å². The van der Waals surface area contributed by atoms with E-state index in [1.165, 1.54) is 5.56 Å². The molecule has 0 fully saturated rings. The van der Waals surface area contributed by atoms with Crippen LogP contribution in [0, 0.1) is 7.05 Å². The summed E-state index contributed by atoms with van der Waals surface area (Å²) in [5.41, 5.74) is 2.21. The summed E-state index contributed by atoms with van der Waals surface area (Å²) in [4.78, 5) is 11.0. The van der Waals surface area contributed by atoms with Crippen molar-refractivity contribution in [2.24, 2.45) is 0 Å². The van der Waals surface area contributed by atoms with E-state index >= 15 is 0 Å². The number of rotatable bonds is 3. The second kappa shape index (κ2) is 5.02. The Balaban J connectivity index is 2.64. The van der Waals surface area contributed by atoms with E-state index in [4.69, 9.17) is 0 Å². The van der Waals surface area contributed by atoms with E-state index in [1.807, 2.05) is 24.3 Å². The van der Waals surface area contributed by atoms with Gasteiger partial charge in [0.25, 0.3) is 0 Å². The first-order chi connectivity index (χ1) is 6.26. The highest BCUT2D eigenvalue weighted by atomic mass is 79.9. The molecule has 1 amide bonds. The summed E-state index contributed by atoms with van der Waals surface area (Å²) in [7, 11) is 3.31. The fourth-order valence-electron chi connectivity index (χ4n) is 0.994. The number of halogens is 1. The first kappa shape index (κ1) is 10.3. The minimum absolute atomic E-state index is 0.0633.